The number of hydrogen-bond acceptors (Lipinski definition) is 4. The van der Waals surface area contributed by atoms with E-state index in [0.717, 1.165) is 0 Å². The number of aliphatic hydroxyl groups is 1. The van der Waals surface area contributed by atoms with Crippen LogP contribution in [0.2, 0.25) is 0 Å². The number of hydrogen-bond donors (Lipinski definition) is 1. The fourth-order valence-electron chi connectivity index (χ4n) is 1.42. The Kier molecular flexibility index (Phi) is 3.80. The molecule has 1 rings (SSSR count). The summed E-state index contributed by atoms with van der Waals surface area (Å²) >= 11 is 0. The lowest BCUT2D eigenvalue weighted by molar-refractivity contribution is -0.131. The number of carbonyl (C=O) groups is 1. The third kappa shape index (κ3) is 2.88. The van der Waals surface area contributed by atoms with Gasteiger partial charge in [-0.15, -0.1) is 0 Å². The SMILES string of the molecule is CCn1ncnc1CC(=O)C(O)C(C)(C)C. The fraction of sp³-hybridized carbons (Fsp3) is 0.727. The summed E-state index contributed by atoms with van der Waals surface area (Å²) < 4.78 is 1.66. The van der Waals surface area contributed by atoms with Crippen LogP contribution in [0.3, 0.4) is 0 Å². The van der Waals surface area contributed by atoms with Gasteiger partial charge in [-0.2, -0.15) is 5.10 Å². The van der Waals surface area contributed by atoms with Crippen molar-refractivity contribution >= 4 is 5.78 Å². The van der Waals surface area contributed by atoms with E-state index in [4.69, 9.17) is 0 Å². The minimum absolute atomic E-state index is 0.131. The number of aliphatic hydroxyl groups excluding tert-OH is 1. The Balaban J connectivity index is 2.72. The van der Waals surface area contributed by atoms with Crippen molar-refractivity contribution in [3.63, 3.8) is 0 Å². The highest BCUT2D eigenvalue weighted by atomic mass is 16.3. The fourth-order valence-corrected chi connectivity index (χ4v) is 1.42. The smallest absolute Gasteiger partial charge is 0.169 e. The molecule has 5 heteroatoms. The van der Waals surface area contributed by atoms with Crippen molar-refractivity contribution in [2.24, 2.45) is 5.41 Å². The zero-order valence-corrected chi connectivity index (χ0v) is 10.3. The summed E-state index contributed by atoms with van der Waals surface area (Å²) in [5, 5.41) is 13.8. The summed E-state index contributed by atoms with van der Waals surface area (Å²) in [5.41, 5.74) is -0.436. The lowest BCUT2D eigenvalue weighted by atomic mass is 9.86. The van der Waals surface area contributed by atoms with E-state index in [2.05, 4.69) is 10.1 Å². The molecule has 0 spiro atoms. The second-order valence-electron chi connectivity index (χ2n) is 4.90. The highest BCUT2D eigenvalue weighted by molar-refractivity contribution is 5.85. The third-order valence-corrected chi connectivity index (χ3v) is 2.45. The van der Waals surface area contributed by atoms with Crippen LogP contribution in [-0.2, 0) is 17.8 Å². The number of ketones is 1. The summed E-state index contributed by atoms with van der Waals surface area (Å²) in [4.78, 5) is 15.8. The van der Waals surface area contributed by atoms with E-state index in [1.165, 1.54) is 6.33 Å². The molecule has 5 nitrogen and oxygen atoms in total. The zero-order chi connectivity index (χ0) is 12.3. The molecule has 1 aromatic rings. The molecule has 0 aliphatic rings. The van der Waals surface area contributed by atoms with E-state index in [1.54, 1.807) is 4.68 Å². The van der Waals surface area contributed by atoms with Gasteiger partial charge >= 0.3 is 0 Å². The summed E-state index contributed by atoms with van der Waals surface area (Å²) in [6.07, 6.45) is 0.594. The van der Waals surface area contributed by atoms with Crippen LogP contribution in [0, 0.1) is 5.41 Å². The maximum atomic E-state index is 11.8. The molecular weight excluding hydrogens is 206 g/mol. The number of nitrogens with zero attached hydrogens (tertiary/aromatic N) is 3. The lowest BCUT2D eigenvalue weighted by Crippen LogP contribution is -2.35. The topological polar surface area (TPSA) is 68.0 Å². The van der Waals surface area contributed by atoms with Crippen LogP contribution in [0.4, 0.5) is 0 Å². The maximum Gasteiger partial charge on any atom is 0.169 e. The van der Waals surface area contributed by atoms with Crippen molar-refractivity contribution in [2.45, 2.75) is 46.8 Å². The Hall–Kier alpha value is -1.23. The molecule has 1 unspecified atom stereocenters. The molecule has 0 aromatic carbocycles. The van der Waals surface area contributed by atoms with Crippen molar-refractivity contribution in [1.82, 2.24) is 14.8 Å². The van der Waals surface area contributed by atoms with E-state index in [0.29, 0.717) is 12.4 Å². The van der Waals surface area contributed by atoms with Crippen LogP contribution < -0.4 is 0 Å². The molecular formula is C11H19N3O2. The van der Waals surface area contributed by atoms with E-state index < -0.39 is 11.5 Å². The average Bonchev–Trinajstić information content (AvgIpc) is 2.62. The van der Waals surface area contributed by atoms with E-state index in [9.17, 15) is 9.90 Å². The van der Waals surface area contributed by atoms with Gasteiger partial charge in [-0.3, -0.25) is 4.79 Å². The Labute approximate surface area is 95.5 Å². The first-order valence-corrected chi connectivity index (χ1v) is 5.43. The summed E-state index contributed by atoms with van der Waals surface area (Å²) in [5.74, 6) is 0.394. The molecule has 0 fully saturated rings. The Morgan fingerprint density at radius 3 is 2.69 bits per heavy atom. The Morgan fingerprint density at radius 1 is 1.56 bits per heavy atom. The molecule has 0 saturated carbocycles. The minimum Gasteiger partial charge on any atom is -0.385 e. The second-order valence-corrected chi connectivity index (χ2v) is 4.90. The van der Waals surface area contributed by atoms with Gasteiger partial charge in [-0.05, 0) is 12.3 Å². The lowest BCUT2D eigenvalue weighted by Gasteiger charge is -2.24. The Morgan fingerprint density at radius 2 is 2.19 bits per heavy atom. The highest BCUT2D eigenvalue weighted by Crippen LogP contribution is 2.20. The van der Waals surface area contributed by atoms with Crippen molar-refractivity contribution < 1.29 is 9.90 Å². The maximum absolute atomic E-state index is 11.8. The Bertz CT molecular complexity index is 366. The molecule has 16 heavy (non-hydrogen) atoms. The van der Waals surface area contributed by atoms with Gasteiger partial charge in [0.1, 0.15) is 18.3 Å². The number of aryl methyl sites for hydroxylation is 1. The average molecular weight is 225 g/mol. The van der Waals surface area contributed by atoms with Crippen molar-refractivity contribution in [3.05, 3.63) is 12.2 Å². The molecule has 0 radical (unpaired) electrons. The first-order chi connectivity index (χ1) is 7.36. The monoisotopic (exact) mass is 225 g/mol. The molecule has 0 aliphatic carbocycles. The van der Waals surface area contributed by atoms with Gasteiger partial charge in [-0.1, -0.05) is 20.8 Å². The van der Waals surface area contributed by atoms with E-state index in [-0.39, 0.29) is 12.2 Å². The second kappa shape index (κ2) is 4.74. The van der Waals surface area contributed by atoms with Gasteiger partial charge in [0.25, 0.3) is 0 Å². The van der Waals surface area contributed by atoms with Crippen LogP contribution in [-0.4, -0.2) is 31.8 Å². The molecule has 1 N–H and O–H groups in total. The quantitative estimate of drug-likeness (QED) is 0.823. The highest BCUT2D eigenvalue weighted by Gasteiger charge is 2.29. The standard InChI is InChI=1S/C11H19N3O2/c1-5-14-9(12-7-13-14)6-8(15)10(16)11(2,3)4/h7,10,16H,5-6H2,1-4H3. The number of rotatable bonds is 4. The van der Waals surface area contributed by atoms with Crippen LogP contribution in [0.1, 0.15) is 33.5 Å². The number of aromatic nitrogens is 3. The van der Waals surface area contributed by atoms with Crippen molar-refractivity contribution in [2.75, 3.05) is 0 Å². The van der Waals surface area contributed by atoms with Crippen LogP contribution >= 0.6 is 0 Å². The molecule has 0 aliphatic heterocycles. The molecule has 90 valence electrons. The molecule has 0 amide bonds. The zero-order valence-electron chi connectivity index (χ0n) is 10.3. The van der Waals surface area contributed by atoms with E-state index in [1.807, 2.05) is 27.7 Å². The molecule has 1 heterocycles. The van der Waals surface area contributed by atoms with Gasteiger partial charge in [0.05, 0.1) is 6.42 Å². The summed E-state index contributed by atoms with van der Waals surface area (Å²) in [6.45, 7) is 8.11. The minimum atomic E-state index is -0.963. The van der Waals surface area contributed by atoms with Crippen molar-refractivity contribution in [1.29, 1.82) is 0 Å². The van der Waals surface area contributed by atoms with Gasteiger partial charge < -0.3 is 5.11 Å². The van der Waals surface area contributed by atoms with E-state index >= 15 is 0 Å². The van der Waals surface area contributed by atoms with Crippen LogP contribution in [0.15, 0.2) is 6.33 Å². The van der Waals surface area contributed by atoms with Crippen LogP contribution in [0.25, 0.3) is 0 Å². The van der Waals surface area contributed by atoms with Gasteiger partial charge in [0, 0.05) is 6.54 Å². The van der Waals surface area contributed by atoms with Gasteiger partial charge in [0.2, 0.25) is 0 Å². The largest absolute Gasteiger partial charge is 0.385 e. The third-order valence-electron chi connectivity index (χ3n) is 2.45. The van der Waals surface area contributed by atoms with Gasteiger partial charge in [0.15, 0.2) is 5.78 Å². The molecule has 0 saturated heterocycles. The molecule has 0 bridgehead atoms. The first-order valence-electron chi connectivity index (χ1n) is 5.43. The summed E-state index contributed by atoms with van der Waals surface area (Å²) in [6, 6.07) is 0. The predicted octanol–water partition coefficient (Wildman–Crippen LogP) is 0.817. The molecule has 1 aromatic heterocycles. The summed E-state index contributed by atoms with van der Waals surface area (Å²) in [7, 11) is 0. The molecule has 1 atom stereocenters. The number of Topliss-reactive ketones (excluding diaryl/α,β-unsaturated/α-hetero) is 1. The normalized spacial score (nSPS) is 13.8. The number of carbonyl (C=O) groups excluding carboxylic acids is 1. The first kappa shape index (κ1) is 12.8. The van der Waals surface area contributed by atoms with Crippen molar-refractivity contribution in [3.8, 4) is 0 Å². The predicted molar refractivity (Wildman–Crippen MR) is 59.9 cm³/mol. The van der Waals surface area contributed by atoms with Gasteiger partial charge in [-0.25, -0.2) is 9.67 Å². The van der Waals surface area contributed by atoms with Crippen LogP contribution in [0.5, 0.6) is 0 Å².